The summed E-state index contributed by atoms with van der Waals surface area (Å²) in [5.74, 6) is -0.288. The summed E-state index contributed by atoms with van der Waals surface area (Å²) < 4.78 is 0. The molecule has 1 aliphatic rings. The second-order valence-electron chi connectivity index (χ2n) is 3.96. The summed E-state index contributed by atoms with van der Waals surface area (Å²) in [6, 6.07) is 2.88. The van der Waals surface area contributed by atoms with Crippen LogP contribution in [0.3, 0.4) is 0 Å². The Morgan fingerprint density at radius 2 is 2.30 bits per heavy atom. The molecule has 0 bridgehead atoms. The second-order valence-corrected chi connectivity index (χ2v) is 5.80. The van der Waals surface area contributed by atoms with E-state index < -0.39 is 5.97 Å². The van der Waals surface area contributed by atoms with E-state index in [-0.39, 0.29) is 10.6 Å². The molecule has 2 rings (SSSR count). The predicted octanol–water partition coefficient (Wildman–Crippen LogP) is 3.08. The van der Waals surface area contributed by atoms with E-state index in [1.807, 2.05) is 4.90 Å². The molecule has 0 radical (unpaired) electrons. The van der Waals surface area contributed by atoms with Gasteiger partial charge in [-0.3, -0.25) is 0 Å². The summed E-state index contributed by atoms with van der Waals surface area (Å²) in [6.07, 6.45) is 1.75. The number of carboxylic acids is 1. The quantitative estimate of drug-likeness (QED) is 0.862. The number of hydrogen-bond acceptors (Lipinski definition) is 4. The fraction of sp³-hybridized carbons (Fsp3) is 0.250. The van der Waals surface area contributed by atoms with Gasteiger partial charge in [-0.25, -0.2) is 4.79 Å². The van der Waals surface area contributed by atoms with Crippen LogP contribution in [0.5, 0.6) is 0 Å². The summed E-state index contributed by atoms with van der Waals surface area (Å²) in [5, 5.41) is 18.8. The zero-order valence-electron chi connectivity index (χ0n) is 10.1. The van der Waals surface area contributed by atoms with Gasteiger partial charge in [-0.2, -0.15) is 5.26 Å². The average molecular weight is 330 g/mol. The van der Waals surface area contributed by atoms with Crippen LogP contribution in [-0.2, 0) is 6.54 Å². The van der Waals surface area contributed by atoms with E-state index in [0.29, 0.717) is 28.8 Å². The minimum Gasteiger partial charge on any atom is -0.478 e. The van der Waals surface area contributed by atoms with E-state index in [2.05, 4.69) is 4.99 Å². The highest BCUT2D eigenvalue weighted by Gasteiger charge is 2.23. The molecule has 0 aliphatic carbocycles. The molecule has 8 heteroatoms. The van der Waals surface area contributed by atoms with Crippen molar-refractivity contribution in [3.63, 3.8) is 0 Å². The lowest BCUT2D eigenvalue weighted by Gasteiger charge is -2.19. The fourth-order valence-corrected chi connectivity index (χ4v) is 3.33. The van der Waals surface area contributed by atoms with Crippen molar-refractivity contribution in [1.29, 1.82) is 5.26 Å². The first-order valence-electron chi connectivity index (χ1n) is 5.59. The van der Waals surface area contributed by atoms with E-state index in [0.717, 1.165) is 5.75 Å². The fourth-order valence-electron chi connectivity index (χ4n) is 1.83. The van der Waals surface area contributed by atoms with Gasteiger partial charge in [-0.1, -0.05) is 35.0 Å². The van der Waals surface area contributed by atoms with Crippen LogP contribution in [0, 0.1) is 11.5 Å². The van der Waals surface area contributed by atoms with Crippen LogP contribution in [0.25, 0.3) is 0 Å². The number of aliphatic imine (C=N–C) groups is 1. The van der Waals surface area contributed by atoms with Crippen LogP contribution in [0.2, 0.25) is 10.0 Å². The van der Waals surface area contributed by atoms with E-state index >= 15 is 0 Å². The number of thioether (sulfide) groups is 1. The first-order chi connectivity index (χ1) is 9.54. The standard InChI is InChI=1S/C12H9Cl2N3O2S/c13-9-2-1-7(11(18)19)10(14)8(9)5-17-3-4-20-12(17)16-6-15/h1-2H,3-5H2,(H,18,19). The molecule has 1 saturated heterocycles. The van der Waals surface area contributed by atoms with Gasteiger partial charge in [0.2, 0.25) is 6.19 Å². The highest BCUT2D eigenvalue weighted by Crippen LogP contribution is 2.31. The number of halogens is 2. The van der Waals surface area contributed by atoms with Crippen molar-refractivity contribution in [1.82, 2.24) is 4.90 Å². The van der Waals surface area contributed by atoms with Gasteiger partial charge in [0, 0.05) is 29.4 Å². The Kier molecular flexibility index (Phi) is 4.76. The minimum atomic E-state index is -1.10. The van der Waals surface area contributed by atoms with E-state index in [1.54, 1.807) is 6.19 Å². The van der Waals surface area contributed by atoms with E-state index in [4.69, 9.17) is 33.6 Å². The molecule has 0 unspecified atom stereocenters. The normalized spacial score (nSPS) is 16.4. The molecular formula is C12H9Cl2N3O2S. The van der Waals surface area contributed by atoms with Crippen molar-refractivity contribution in [2.24, 2.45) is 4.99 Å². The lowest BCUT2D eigenvalue weighted by atomic mass is 10.1. The van der Waals surface area contributed by atoms with Gasteiger partial charge in [0.05, 0.1) is 10.6 Å². The van der Waals surface area contributed by atoms with Gasteiger partial charge >= 0.3 is 5.97 Å². The van der Waals surface area contributed by atoms with Crippen molar-refractivity contribution in [3.8, 4) is 6.19 Å². The molecule has 0 saturated carbocycles. The van der Waals surface area contributed by atoms with Crippen molar-refractivity contribution < 1.29 is 9.90 Å². The number of nitriles is 1. The smallest absolute Gasteiger partial charge is 0.337 e. The molecule has 1 N–H and O–H groups in total. The van der Waals surface area contributed by atoms with Gasteiger partial charge in [0.1, 0.15) is 0 Å². The first-order valence-corrected chi connectivity index (χ1v) is 7.33. The molecule has 0 aromatic heterocycles. The maximum atomic E-state index is 11.1. The van der Waals surface area contributed by atoms with Gasteiger partial charge in [-0.15, -0.1) is 4.99 Å². The Balaban J connectivity index is 2.34. The summed E-state index contributed by atoms with van der Waals surface area (Å²) >= 11 is 13.7. The maximum Gasteiger partial charge on any atom is 0.337 e. The highest BCUT2D eigenvalue weighted by atomic mass is 35.5. The number of nitrogens with zero attached hydrogens (tertiary/aromatic N) is 3. The first kappa shape index (κ1) is 15.0. The Labute approximate surface area is 129 Å². The van der Waals surface area contributed by atoms with Crippen LogP contribution in [0.4, 0.5) is 0 Å². The van der Waals surface area contributed by atoms with Crippen molar-refractivity contribution in [2.75, 3.05) is 12.3 Å². The number of aromatic carboxylic acids is 1. The van der Waals surface area contributed by atoms with Crippen molar-refractivity contribution in [3.05, 3.63) is 33.3 Å². The molecule has 1 aromatic rings. The number of carboxylic acid groups (broad SMARTS) is 1. The minimum absolute atomic E-state index is 0.0108. The van der Waals surface area contributed by atoms with Crippen LogP contribution in [-0.4, -0.2) is 33.4 Å². The number of carbonyl (C=O) groups is 1. The Hall–Kier alpha value is -1.42. The topological polar surface area (TPSA) is 76.7 Å². The zero-order chi connectivity index (χ0) is 14.7. The number of benzene rings is 1. The SMILES string of the molecule is N#CN=C1SCCN1Cc1c(Cl)ccc(C(=O)O)c1Cl. The summed E-state index contributed by atoms with van der Waals surface area (Å²) in [6.45, 7) is 1.03. The van der Waals surface area contributed by atoms with E-state index in [9.17, 15) is 4.79 Å². The van der Waals surface area contributed by atoms with Crippen molar-refractivity contribution >= 4 is 46.1 Å². The molecule has 0 amide bonds. The monoisotopic (exact) mass is 329 g/mol. The molecule has 0 atom stereocenters. The summed E-state index contributed by atoms with van der Waals surface area (Å²) in [7, 11) is 0. The molecular weight excluding hydrogens is 321 g/mol. The second kappa shape index (κ2) is 6.35. The molecule has 1 fully saturated rings. The Morgan fingerprint density at radius 3 is 2.95 bits per heavy atom. The summed E-state index contributed by atoms with van der Waals surface area (Å²) in [5.41, 5.74) is 0.540. The van der Waals surface area contributed by atoms with E-state index in [1.165, 1.54) is 23.9 Å². The number of amidine groups is 1. The largest absolute Gasteiger partial charge is 0.478 e. The maximum absolute atomic E-state index is 11.1. The average Bonchev–Trinajstić information content (AvgIpc) is 2.82. The molecule has 1 aromatic carbocycles. The molecule has 5 nitrogen and oxygen atoms in total. The molecule has 1 aliphatic heterocycles. The van der Waals surface area contributed by atoms with Crippen LogP contribution in [0.1, 0.15) is 15.9 Å². The highest BCUT2D eigenvalue weighted by molar-refractivity contribution is 8.14. The third kappa shape index (κ3) is 3.01. The Morgan fingerprint density at radius 1 is 1.55 bits per heavy atom. The van der Waals surface area contributed by atoms with Crippen LogP contribution in [0.15, 0.2) is 17.1 Å². The lowest BCUT2D eigenvalue weighted by molar-refractivity contribution is 0.0697. The van der Waals surface area contributed by atoms with Gasteiger partial charge < -0.3 is 10.0 Å². The molecule has 1 heterocycles. The predicted molar refractivity (Wildman–Crippen MR) is 79.3 cm³/mol. The molecule has 0 spiro atoms. The third-order valence-corrected chi connectivity index (χ3v) is 4.55. The number of hydrogen-bond donors (Lipinski definition) is 1. The van der Waals surface area contributed by atoms with Gasteiger partial charge in [-0.05, 0) is 12.1 Å². The van der Waals surface area contributed by atoms with Gasteiger partial charge in [0.25, 0.3) is 0 Å². The summed E-state index contributed by atoms with van der Waals surface area (Å²) in [4.78, 5) is 16.7. The molecule has 20 heavy (non-hydrogen) atoms. The lowest BCUT2D eigenvalue weighted by Crippen LogP contribution is -2.24. The molecule has 104 valence electrons. The van der Waals surface area contributed by atoms with Crippen LogP contribution >= 0.6 is 35.0 Å². The third-order valence-electron chi connectivity index (χ3n) is 2.77. The number of rotatable bonds is 3. The van der Waals surface area contributed by atoms with Crippen molar-refractivity contribution in [2.45, 2.75) is 6.54 Å². The Bertz CT molecular complexity index is 628. The van der Waals surface area contributed by atoms with Crippen LogP contribution < -0.4 is 0 Å². The van der Waals surface area contributed by atoms with Gasteiger partial charge in [0.15, 0.2) is 5.17 Å². The zero-order valence-corrected chi connectivity index (χ0v) is 12.5.